The predicted octanol–water partition coefficient (Wildman–Crippen LogP) is 4.02. The van der Waals surface area contributed by atoms with E-state index in [1.165, 1.54) is 5.56 Å². The first-order valence-electron chi connectivity index (χ1n) is 10.6. The quantitative estimate of drug-likeness (QED) is 0.696. The van der Waals surface area contributed by atoms with Gasteiger partial charge in [0.05, 0.1) is 6.54 Å². The Kier molecular flexibility index (Phi) is 6.96. The summed E-state index contributed by atoms with van der Waals surface area (Å²) in [6.07, 6.45) is 5.84. The van der Waals surface area contributed by atoms with Crippen molar-refractivity contribution in [3.63, 3.8) is 0 Å². The Hall–Kier alpha value is -2.76. The molecule has 0 spiro atoms. The Labute approximate surface area is 173 Å². The monoisotopic (exact) mass is 396 g/mol. The fraction of sp³-hybridized carbons (Fsp3) is 0.478. The van der Waals surface area contributed by atoms with Crippen LogP contribution in [0.5, 0.6) is 0 Å². The highest BCUT2D eigenvalue weighted by molar-refractivity contribution is 5.92. The van der Waals surface area contributed by atoms with Gasteiger partial charge in [0.1, 0.15) is 6.54 Å². The lowest BCUT2D eigenvalue weighted by Crippen LogP contribution is -2.45. The second kappa shape index (κ2) is 9.63. The number of benzene rings is 1. The van der Waals surface area contributed by atoms with E-state index < -0.39 is 0 Å². The van der Waals surface area contributed by atoms with Gasteiger partial charge in [-0.15, -0.1) is 0 Å². The molecule has 6 heteroatoms. The van der Waals surface area contributed by atoms with E-state index in [-0.39, 0.29) is 18.5 Å². The molecule has 29 heavy (non-hydrogen) atoms. The summed E-state index contributed by atoms with van der Waals surface area (Å²) in [6.45, 7) is 5.36. The molecule has 3 rings (SSSR count). The molecule has 1 aliphatic rings. The summed E-state index contributed by atoms with van der Waals surface area (Å²) >= 11 is 0. The third-order valence-electron chi connectivity index (χ3n) is 5.41. The van der Waals surface area contributed by atoms with Crippen molar-refractivity contribution in [1.29, 1.82) is 0 Å². The molecule has 1 aliphatic carbocycles. The van der Waals surface area contributed by atoms with Gasteiger partial charge in [0, 0.05) is 37.2 Å². The third-order valence-corrected chi connectivity index (χ3v) is 5.41. The van der Waals surface area contributed by atoms with E-state index in [9.17, 15) is 9.59 Å². The first kappa shape index (κ1) is 21.0. The van der Waals surface area contributed by atoms with Gasteiger partial charge in [0.15, 0.2) is 0 Å². The van der Waals surface area contributed by atoms with Gasteiger partial charge in [0.25, 0.3) is 0 Å². The molecule has 0 atom stereocenters. The van der Waals surface area contributed by atoms with Crippen molar-refractivity contribution in [3.05, 3.63) is 53.9 Å². The number of hydrogen-bond acceptors (Lipinski definition) is 2. The molecule has 0 radical (unpaired) electrons. The molecule has 1 N–H and O–H groups in total. The molecule has 1 saturated carbocycles. The molecule has 1 heterocycles. The molecule has 1 aromatic heterocycles. The van der Waals surface area contributed by atoms with Crippen LogP contribution >= 0.6 is 0 Å². The predicted molar refractivity (Wildman–Crippen MR) is 116 cm³/mol. The van der Waals surface area contributed by atoms with Crippen LogP contribution in [-0.4, -0.2) is 45.4 Å². The number of hydrogen-bond donors (Lipinski definition) is 1. The van der Waals surface area contributed by atoms with Crippen LogP contribution in [-0.2, 0) is 24.8 Å². The summed E-state index contributed by atoms with van der Waals surface area (Å²) in [4.78, 5) is 29.4. The van der Waals surface area contributed by atoms with Gasteiger partial charge in [-0.2, -0.15) is 0 Å². The van der Waals surface area contributed by atoms with E-state index in [4.69, 9.17) is 0 Å². The number of anilines is 1. The number of nitrogens with one attached hydrogen (secondary N) is 1. The fourth-order valence-electron chi connectivity index (χ4n) is 3.45. The van der Waals surface area contributed by atoms with Crippen LogP contribution in [0.3, 0.4) is 0 Å². The summed E-state index contributed by atoms with van der Waals surface area (Å²) in [5.74, 6) is 0.0126. The molecule has 0 bridgehead atoms. The van der Waals surface area contributed by atoms with E-state index in [1.54, 1.807) is 4.90 Å². The lowest BCUT2D eigenvalue weighted by atomic mass is 10.1. The van der Waals surface area contributed by atoms with Crippen molar-refractivity contribution < 1.29 is 9.59 Å². The second-order valence-electron chi connectivity index (χ2n) is 7.77. The molecule has 156 valence electrons. The Morgan fingerprint density at radius 3 is 2.41 bits per heavy atom. The van der Waals surface area contributed by atoms with Crippen LogP contribution in [0.4, 0.5) is 10.5 Å². The number of carbonyl (C=O) groups is 2. The van der Waals surface area contributed by atoms with Crippen LogP contribution in [0, 0.1) is 0 Å². The third kappa shape index (κ3) is 5.62. The molecule has 0 aliphatic heterocycles. The number of aryl methyl sites for hydroxylation is 2. The second-order valence-corrected chi connectivity index (χ2v) is 7.77. The zero-order chi connectivity index (χ0) is 20.8. The van der Waals surface area contributed by atoms with E-state index in [2.05, 4.69) is 12.2 Å². The van der Waals surface area contributed by atoms with Gasteiger partial charge in [-0.05, 0) is 55.5 Å². The van der Waals surface area contributed by atoms with Gasteiger partial charge < -0.3 is 19.7 Å². The molecule has 1 fully saturated rings. The van der Waals surface area contributed by atoms with Gasteiger partial charge in [0.2, 0.25) is 5.91 Å². The zero-order valence-electron chi connectivity index (χ0n) is 17.7. The zero-order valence-corrected chi connectivity index (χ0v) is 17.7. The Morgan fingerprint density at radius 2 is 1.86 bits per heavy atom. The van der Waals surface area contributed by atoms with Crippen molar-refractivity contribution in [3.8, 4) is 0 Å². The van der Waals surface area contributed by atoms with E-state index in [0.29, 0.717) is 19.1 Å². The smallest absolute Gasteiger partial charge is 0.322 e. The number of rotatable bonds is 9. The molecular formula is C23H32N4O2. The first-order valence-corrected chi connectivity index (χ1v) is 10.6. The van der Waals surface area contributed by atoms with Crippen LogP contribution in [0.2, 0.25) is 0 Å². The maximum absolute atomic E-state index is 13.1. The first-order chi connectivity index (χ1) is 14.0. The highest BCUT2D eigenvalue weighted by Gasteiger charge is 2.34. The molecule has 0 saturated heterocycles. The van der Waals surface area contributed by atoms with Crippen molar-refractivity contribution in [2.45, 2.75) is 52.1 Å². The molecule has 3 amide bonds. The standard InChI is InChI=1S/C23H32N4O2/c1-4-14-26(23(29)24-19-10-8-18(5-2)9-11-19)17-22(28)27(20-12-13-20)16-21-7-6-15-25(21)3/h6-11,15,20H,4-5,12-14,16-17H2,1-3H3,(H,24,29). The van der Waals surface area contributed by atoms with Crippen molar-refractivity contribution >= 4 is 17.6 Å². The van der Waals surface area contributed by atoms with E-state index in [0.717, 1.165) is 37.1 Å². The normalized spacial score (nSPS) is 13.2. The van der Waals surface area contributed by atoms with Crippen molar-refractivity contribution in [2.24, 2.45) is 7.05 Å². The average molecular weight is 397 g/mol. The summed E-state index contributed by atoms with van der Waals surface area (Å²) in [6, 6.07) is 12.0. The summed E-state index contributed by atoms with van der Waals surface area (Å²) in [5, 5.41) is 2.93. The van der Waals surface area contributed by atoms with Crippen LogP contribution in [0.1, 0.15) is 44.4 Å². The number of aromatic nitrogens is 1. The maximum atomic E-state index is 13.1. The molecular weight excluding hydrogens is 364 g/mol. The van der Waals surface area contributed by atoms with Crippen LogP contribution in [0.15, 0.2) is 42.6 Å². The highest BCUT2D eigenvalue weighted by Crippen LogP contribution is 2.28. The van der Waals surface area contributed by atoms with Gasteiger partial charge >= 0.3 is 6.03 Å². The molecule has 1 aromatic carbocycles. The van der Waals surface area contributed by atoms with Gasteiger partial charge in [-0.1, -0.05) is 26.0 Å². The van der Waals surface area contributed by atoms with Crippen LogP contribution in [0.25, 0.3) is 0 Å². The Balaban J connectivity index is 1.64. The number of urea groups is 1. The highest BCUT2D eigenvalue weighted by atomic mass is 16.2. The molecule has 6 nitrogen and oxygen atoms in total. The topological polar surface area (TPSA) is 57.6 Å². The van der Waals surface area contributed by atoms with Crippen molar-refractivity contribution in [2.75, 3.05) is 18.4 Å². The number of amides is 3. The fourth-order valence-corrected chi connectivity index (χ4v) is 3.45. The Bertz CT molecular complexity index is 824. The average Bonchev–Trinajstić information content (AvgIpc) is 3.48. The van der Waals surface area contributed by atoms with Crippen LogP contribution < -0.4 is 5.32 Å². The van der Waals surface area contributed by atoms with E-state index >= 15 is 0 Å². The maximum Gasteiger partial charge on any atom is 0.322 e. The molecule has 0 unspecified atom stereocenters. The van der Waals surface area contributed by atoms with E-state index in [1.807, 2.05) is 66.0 Å². The van der Waals surface area contributed by atoms with Crippen molar-refractivity contribution in [1.82, 2.24) is 14.4 Å². The lowest BCUT2D eigenvalue weighted by molar-refractivity contribution is -0.133. The van der Waals surface area contributed by atoms with Gasteiger partial charge in [-0.3, -0.25) is 4.79 Å². The largest absolute Gasteiger partial charge is 0.353 e. The minimum Gasteiger partial charge on any atom is -0.353 e. The van der Waals surface area contributed by atoms with Gasteiger partial charge in [-0.25, -0.2) is 4.79 Å². The lowest BCUT2D eigenvalue weighted by Gasteiger charge is -2.28. The number of carbonyl (C=O) groups excluding carboxylic acids is 2. The minimum absolute atomic E-state index is 0.0126. The number of nitrogens with zero attached hydrogens (tertiary/aromatic N) is 3. The summed E-state index contributed by atoms with van der Waals surface area (Å²) in [7, 11) is 1.99. The summed E-state index contributed by atoms with van der Waals surface area (Å²) in [5.41, 5.74) is 3.08. The summed E-state index contributed by atoms with van der Waals surface area (Å²) < 4.78 is 2.04. The minimum atomic E-state index is -0.223. The SMILES string of the molecule is CCCN(CC(=O)N(Cc1cccn1C)C1CC1)C(=O)Nc1ccc(CC)cc1. The molecule has 2 aromatic rings. The Morgan fingerprint density at radius 1 is 1.14 bits per heavy atom.